The smallest absolute Gasteiger partial charge is 0.200 e. The fourth-order valence-electron chi connectivity index (χ4n) is 6.12. The van der Waals surface area contributed by atoms with Crippen molar-refractivity contribution in [3.8, 4) is 28.7 Å². The van der Waals surface area contributed by atoms with Crippen LogP contribution in [0.3, 0.4) is 0 Å². The molecule has 0 radical (unpaired) electrons. The second-order valence-corrected chi connectivity index (χ2v) is 11.7. The summed E-state index contributed by atoms with van der Waals surface area (Å²) >= 11 is 0. The van der Waals surface area contributed by atoms with Crippen LogP contribution in [0.4, 0.5) is 0 Å². The van der Waals surface area contributed by atoms with Gasteiger partial charge in [0.1, 0.15) is 6.61 Å². The first-order chi connectivity index (χ1) is 22.3. The third-order valence-electron chi connectivity index (χ3n) is 8.52. The second-order valence-electron chi connectivity index (χ2n) is 11.7. The predicted molar refractivity (Wildman–Crippen MR) is 173 cm³/mol. The molecule has 0 amide bonds. The highest BCUT2D eigenvalue weighted by atomic mass is 16.6. The van der Waals surface area contributed by atoms with Crippen LogP contribution < -0.4 is 30.6 Å². The lowest BCUT2D eigenvalue weighted by molar-refractivity contribution is -0.144. The van der Waals surface area contributed by atoms with Crippen LogP contribution in [0.5, 0.6) is 28.7 Å². The van der Waals surface area contributed by atoms with Crippen LogP contribution >= 0.6 is 0 Å². The van der Waals surface area contributed by atoms with Crippen molar-refractivity contribution in [2.45, 2.75) is 69.8 Å². The summed E-state index contributed by atoms with van der Waals surface area (Å²) in [6.07, 6.45) is 5.87. The van der Waals surface area contributed by atoms with E-state index in [9.17, 15) is 20.4 Å². The van der Waals surface area contributed by atoms with E-state index in [1.165, 1.54) is 13.2 Å². The first-order valence-corrected chi connectivity index (χ1v) is 15.9. The number of rotatable bonds is 17. The largest absolute Gasteiger partial charge is 0.504 e. The second kappa shape index (κ2) is 17.3. The predicted octanol–water partition coefficient (Wildman–Crippen LogP) is 2.72. The zero-order valence-corrected chi connectivity index (χ0v) is 26.7. The molecule has 2 aromatic carbocycles. The minimum atomic E-state index is -0.737. The van der Waals surface area contributed by atoms with Gasteiger partial charge in [-0.3, -0.25) is 0 Å². The average Bonchev–Trinajstić information content (AvgIpc) is 3.04. The summed E-state index contributed by atoms with van der Waals surface area (Å²) in [7, 11) is 1.47. The van der Waals surface area contributed by atoms with Crippen LogP contribution in [-0.2, 0) is 11.2 Å². The maximum Gasteiger partial charge on any atom is 0.200 e. The van der Waals surface area contributed by atoms with Crippen LogP contribution in [0.1, 0.15) is 56.3 Å². The number of hydrogen-bond donors (Lipinski definition) is 8. The van der Waals surface area contributed by atoms with E-state index in [-0.39, 0.29) is 47.5 Å². The fourth-order valence-corrected chi connectivity index (χ4v) is 6.12. The number of nitrogens with two attached hydrogens (primary N) is 1. The summed E-state index contributed by atoms with van der Waals surface area (Å²) in [6.45, 7) is 3.11. The van der Waals surface area contributed by atoms with Gasteiger partial charge < -0.3 is 60.8 Å². The van der Waals surface area contributed by atoms with E-state index in [2.05, 4.69) is 16.7 Å². The van der Waals surface area contributed by atoms with Gasteiger partial charge in [-0.25, -0.2) is 0 Å². The monoisotopic (exact) mass is 643 g/mol. The van der Waals surface area contributed by atoms with E-state index in [4.69, 9.17) is 29.8 Å². The Morgan fingerprint density at radius 3 is 2.59 bits per heavy atom. The van der Waals surface area contributed by atoms with Gasteiger partial charge in [0.2, 0.25) is 5.75 Å². The summed E-state index contributed by atoms with van der Waals surface area (Å²) in [5, 5.41) is 57.6. The molecular weight excluding hydrogens is 594 g/mol. The quantitative estimate of drug-likeness (QED) is 0.118. The van der Waals surface area contributed by atoms with Crippen LogP contribution in [-0.4, -0.2) is 84.0 Å². The maximum atomic E-state index is 11.2. The summed E-state index contributed by atoms with van der Waals surface area (Å²) < 4.78 is 23.4. The van der Waals surface area contributed by atoms with Gasteiger partial charge in [-0.1, -0.05) is 19.1 Å². The standard InChI is InChI=1S/C34H49N3O9/c1-3-36-24(7-4-22-10-12-37-32(35)15-22)19-44-31-17-23(16-30(43-2)33(31)42)34-26(11-13-38)28(41)18-25(46-34)8-5-21-6-9-27(40)29(14-21)45-20-39/h6,9-10,14-17,24-26,28,34,36-42H,3-5,7-8,11-13,18-20,35H2,1-2H3. The molecule has 0 aliphatic carbocycles. The molecule has 12 heteroatoms. The number of aromatic hydroxyl groups is 2. The molecule has 0 spiro atoms. The molecule has 0 aromatic heterocycles. The lowest BCUT2D eigenvalue weighted by atomic mass is 9.82. The van der Waals surface area contributed by atoms with Gasteiger partial charge in [-0.2, -0.15) is 0 Å². The van der Waals surface area contributed by atoms with Crippen molar-refractivity contribution in [3.05, 3.63) is 65.0 Å². The number of dihydropyridines is 1. The normalized spacial score (nSPS) is 21.9. The zero-order valence-electron chi connectivity index (χ0n) is 26.7. The number of phenolic OH excluding ortho intramolecular Hbond substituents is 2. The van der Waals surface area contributed by atoms with Gasteiger partial charge in [0.15, 0.2) is 29.8 Å². The molecule has 12 nitrogen and oxygen atoms in total. The number of allylic oxidation sites excluding steroid dienone is 2. The number of likely N-dealkylation sites (N-methyl/N-ethyl adjacent to an activating group) is 1. The molecule has 1 saturated heterocycles. The van der Waals surface area contributed by atoms with Crippen molar-refractivity contribution in [1.29, 1.82) is 0 Å². The van der Waals surface area contributed by atoms with E-state index in [1.54, 1.807) is 24.3 Å². The van der Waals surface area contributed by atoms with Gasteiger partial charge >= 0.3 is 0 Å². The lowest BCUT2D eigenvalue weighted by Gasteiger charge is -2.40. The Labute approximate surface area is 270 Å². The van der Waals surface area contributed by atoms with Crippen molar-refractivity contribution in [2.24, 2.45) is 11.7 Å². The summed E-state index contributed by atoms with van der Waals surface area (Å²) in [6, 6.07) is 8.37. The van der Waals surface area contributed by atoms with Gasteiger partial charge in [0, 0.05) is 25.1 Å². The van der Waals surface area contributed by atoms with Crippen LogP contribution in [0.15, 0.2) is 53.9 Å². The average molecular weight is 644 g/mol. The highest BCUT2D eigenvalue weighted by molar-refractivity contribution is 5.53. The number of aliphatic hydroxyl groups excluding tert-OH is 3. The molecule has 2 heterocycles. The Bertz CT molecular complexity index is 1340. The van der Waals surface area contributed by atoms with E-state index < -0.39 is 24.9 Å². The van der Waals surface area contributed by atoms with Crippen LogP contribution in [0, 0.1) is 5.92 Å². The van der Waals surface area contributed by atoms with Crippen LogP contribution in [0.25, 0.3) is 0 Å². The molecule has 0 saturated carbocycles. The first-order valence-electron chi connectivity index (χ1n) is 15.9. The number of phenols is 2. The third-order valence-corrected chi connectivity index (χ3v) is 8.52. The van der Waals surface area contributed by atoms with E-state index >= 15 is 0 Å². The highest BCUT2D eigenvalue weighted by Crippen LogP contribution is 2.45. The minimum Gasteiger partial charge on any atom is -0.504 e. The van der Waals surface area contributed by atoms with Gasteiger partial charge in [-0.05, 0) is 92.1 Å². The fraction of sp³-hybridized carbons (Fsp3) is 0.529. The number of nitrogens with one attached hydrogen (secondary N) is 2. The number of methoxy groups -OCH3 is 1. The summed E-state index contributed by atoms with van der Waals surface area (Å²) in [4.78, 5) is 0. The molecule has 2 aliphatic heterocycles. The number of aryl methyl sites for hydroxylation is 1. The van der Waals surface area contributed by atoms with Crippen molar-refractivity contribution < 1.29 is 44.5 Å². The Morgan fingerprint density at radius 1 is 1.07 bits per heavy atom. The molecule has 9 N–H and O–H groups in total. The molecule has 254 valence electrons. The summed E-state index contributed by atoms with van der Waals surface area (Å²) in [5.74, 6) is 0.721. The van der Waals surface area contributed by atoms with Gasteiger partial charge in [0.05, 0.1) is 31.2 Å². The molecule has 46 heavy (non-hydrogen) atoms. The molecule has 1 fully saturated rings. The van der Waals surface area contributed by atoms with E-state index in [0.717, 1.165) is 30.5 Å². The Morgan fingerprint density at radius 2 is 1.87 bits per heavy atom. The van der Waals surface area contributed by atoms with Crippen molar-refractivity contribution in [1.82, 2.24) is 10.6 Å². The number of aliphatic hydroxyl groups is 3. The molecule has 4 rings (SSSR count). The van der Waals surface area contributed by atoms with E-state index in [1.807, 2.05) is 13.0 Å². The van der Waals surface area contributed by atoms with E-state index in [0.29, 0.717) is 50.2 Å². The highest BCUT2D eigenvalue weighted by Gasteiger charge is 2.39. The molecular formula is C34H49N3O9. The molecule has 2 aliphatic rings. The molecule has 2 aromatic rings. The summed E-state index contributed by atoms with van der Waals surface area (Å²) in [5.41, 5.74) is 8.62. The van der Waals surface area contributed by atoms with Gasteiger partial charge in [0.25, 0.3) is 0 Å². The van der Waals surface area contributed by atoms with Crippen molar-refractivity contribution in [2.75, 3.05) is 40.2 Å². The Kier molecular flexibility index (Phi) is 13.2. The Balaban J connectivity index is 1.50. The Hall–Kier alpha value is -3.68. The number of hydrogen-bond acceptors (Lipinski definition) is 12. The topological polar surface area (TPSA) is 188 Å². The van der Waals surface area contributed by atoms with Gasteiger partial charge in [-0.15, -0.1) is 0 Å². The number of benzene rings is 2. The first kappa shape index (κ1) is 35.2. The molecule has 5 unspecified atom stereocenters. The zero-order chi connectivity index (χ0) is 33.1. The maximum absolute atomic E-state index is 11.2. The SMILES string of the molecule is CCNC(CCC1=CCNC(N)=C1)COc1cc(C2OC(CCc3ccc(O)c(OCO)c3)CC(O)C2CCO)cc(OC)c1O. The van der Waals surface area contributed by atoms with Crippen LogP contribution in [0.2, 0.25) is 0 Å². The molecule has 5 atom stereocenters. The van der Waals surface area contributed by atoms with Crippen molar-refractivity contribution in [3.63, 3.8) is 0 Å². The number of ether oxygens (including phenoxy) is 4. The third kappa shape index (κ3) is 9.43. The molecule has 0 bridgehead atoms. The lowest BCUT2D eigenvalue weighted by Crippen LogP contribution is -2.40. The van der Waals surface area contributed by atoms with Crippen molar-refractivity contribution >= 4 is 0 Å². The minimum absolute atomic E-state index is 0.00641.